The third-order valence-corrected chi connectivity index (χ3v) is 4.57. The van der Waals surface area contributed by atoms with E-state index in [9.17, 15) is 4.79 Å². The van der Waals surface area contributed by atoms with Gasteiger partial charge in [0.25, 0.3) is 0 Å². The topological polar surface area (TPSA) is 56.7 Å². The molecule has 1 heterocycles. The molecule has 0 radical (unpaired) electrons. The van der Waals surface area contributed by atoms with E-state index in [1.54, 1.807) is 11.3 Å². The van der Waals surface area contributed by atoms with Crippen LogP contribution in [0.25, 0.3) is 0 Å². The fraction of sp³-hybridized carbons (Fsp3) is 0.368. The zero-order valence-corrected chi connectivity index (χ0v) is 15.9. The molecule has 1 aromatic heterocycles. The van der Waals surface area contributed by atoms with Gasteiger partial charge in [-0.2, -0.15) is 0 Å². The number of anilines is 1. The summed E-state index contributed by atoms with van der Waals surface area (Å²) in [6.07, 6.45) is 1.01. The van der Waals surface area contributed by atoms with Gasteiger partial charge in [-0.05, 0) is 42.5 Å². The molecule has 0 aliphatic rings. The molecule has 0 saturated carbocycles. The summed E-state index contributed by atoms with van der Waals surface area (Å²) in [5, 5.41) is 8.25. The van der Waals surface area contributed by atoms with Gasteiger partial charge in [0.1, 0.15) is 0 Å². The van der Waals surface area contributed by atoms with E-state index < -0.39 is 0 Å². The predicted molar refractivity (Wildman–Crippen MR) is 106 cm³/mol. The minimum Gasteiger partial charge on any atom is -0.357 e. The number of likely N-dealkylation sites (N-methyl/N-ethyl adjacent to an activating group) is 1. The maximum Gasteiger partial charge on any atom is 0.221 e. The largest absolute Gasteiger partial charge is 0.357 e. The number of carbonyl (C=O) groups is 1. The van der Waals surface area contributed by atoms with Crippen LogP contribution in [0.15, 0.2) is 46.8 Å². The summed E-state index contributed by atoms with van der Waals surface area (Å²) >= 11 is 1.79. The summed E-state index contributed by atoms with van der Waals surface area (Å²) < 4.78 is 0. The normalized spacial score (nSPS) is 11.2. The van der Waals surface area contributed by atoms with Crippen molar-refractivity contribution in [2.24, 2.45) is 4.99 Å². The molecule has 0 aliphatic carbocycles. The maximum atomic E-state index is 11.2. The summed E-state index contributed by atoms with van der Waals surface area (Å²) in [4.78, 5) is 19.4. The Kier molecular flexibility index (Phi) is 7.47. The van der Waals surface area contributed by atoms with Gasteiger partial charge in [-0.1, -0.05) is 18.2 Å². The number of nitrogens with one attached hydrogen (secondary N) is 2. The third-order valence-electron chi connectivity index (χ3n) is 3.63. The van der Waals surface area contributed by atoms with Crippen molar-refractivity contribution >= 4 is 28.9 Å². The summed E-state index contributed by atoms with van der Waals surface area (Å²) in [6, 6.07) is 12.0. The predicted octanol–water partition coefficient (Wildman–Crippen LogP) is 3.35. The lowest BCUT2D eigenvalue weighted by molar-refractivity contribution is -0.114. The van der Waals surface area contributed by atoms with Gasteiger partial charge >= 0.3 is 0 Å². The smallest absolute Gasteiger partial charge is 0.221 e. The molecule has 0 spiro atoms. The molecule has 1 aromatic carbocycles. The molecule has 0 bridgehead atoms. The monoisotopic (exact) mass is 358 g/mol. The molecule has 0 fully saturated rings. The molecule has 0 atom stereocenters. The molecule has 134 valence electrons. The second-order valence-electron chi connectivity index (χ2n) is 5.80. The van der Waals surface area contributed by atoms with Crippen LogP contribution in [-0.2, 0) is 17.8 Å². The number of nitrogens with zero attached hydrogens (tertiary/aromatic N) is 2. The molecule has 2 aromatic rings. The second kappa shape index (κ2) is 9.84. The first-order valence-corrected chi connectivity index (χ1v) is 9.34. The average molecular weight is 359 g/mol. The van der Waals surface area contributed by atoms with Crippen LogP contribution >= 0.6 is 11.3 Å². The van der Waals surface area contributed by atoms with Gasteiger partial charge < -0.3 is 15.5 Å². The molecular formula is C19H26N4OS. The van der Waals surface area contributed by atoms with Crippen LogP contribution in [0, 0.1) is 0 Å². The highest BCUT2D eigenvalue weighted by Crippen LogP contribution is 2.12. The van der Waals surface area contributed by atoms with Crippen LogP contribution in [-0.4, -0.2) is 36.9 Å². The van der Waals surface area contributed by atoms with Crippen LogP contribution in [0.1, 0.15) is 24.3 Å². The van der Waals surface area contributed by atoms with Crippen molar-refractivity contribution in [3.63, 3.8) is 0 Å². The Hall–Kier alpha value is -2.34. The van der Waals surface area contributed by atoms with E-state index in [0.717, 1.165) is 36.7 Å². The molecule has 2 N–H and O–H groups in total. The van der Waals surface area contributed by atoms with Gasteiger partial charge in [0.15, 0.2) is 5.96 Å². The van der Waals surface area contributed by atoms with Crippen LogP contribution in [0.4, 0.5) is 5.69 Å². The van der Waals surface area contributed by atoms with Crippen LogP contribution < -0.4 is 10.6 Å². The van der Waals surface area contributed by atoms with Crippen LogP contribution in [0.2, 0.25) is 0 Å². The number of aliphatic imine (C=N–C) groups is 1. The molecule has 5 nitrogen and oxygen atoms in total. The van der Waals surface area contributed by atoms with Gasteiger partial charge in [0.05, 0.1) is 6.54 Å². The van der Waals surface area contributed by atoms with Crippen molar-refractivity contribution in [3.05, 3.63) is 52.2 Å². The van der Waals surface area contributed by atoms with Gasteiger partial charge in [-0.15, -0.1) is 11.3 Å². The lowest BCUT2D eigenvalue weighted by Gasteiger charge is -2.21. The number of rotatable bonds is 7. The summed E-state index contributed by atoms with van der Waals surface area (Å²) in [7, 11) is 2.06. The second-order valence-corrected chi connectivity index (χ2v) is 6.83. The Balaban J connectivity index is 1.99. The first-order chi connectivity index (χ1) is 12.1. The molecule has 0 saturated heterocycles. The van der Waals surface area contributed by atoms with Crippen LogP contribution in [0.5, 0.6) is 0 Å². The van der Waals surface area contributed by atoms with E-state index >= 15 is 0 Å². The zero-order chi connectivity index (χ0) is 18.1. The quantitative estimate of drug-likeness (QED) is 0.589. The van der Waals surface area contributed by atoms with E-state index in [1.807, 2.05) is 24.3 Å². The number of hydrogen-bond acceptors (Lipinski definition) is 3. The fourth-order valence-electron chi connectivity index (χ4n) is 2.43. The van der Waals surface area contributed by atoms with Crippen molar-refractivity contribution in [2.75, 3.05) is 25.5 Å². The first kappa shape index (κ1) is 19.0. The van der Waals surface area contributed by atoms with Crippen LogP contribution in [0.3, 0.4) is 0 Å². The molecule has 2 rings (SSSR count). The van der Waals surface area contributed by atoms with Gasteiger partial charge in [0, 0.05) is 37.6 Å². The highest BCUT2D eigenvalue weighted by atomic mass is 32.1. The van der Waals surface area contributed by atoms with E-state index in [-0.39, 0.29) is 5.91 Å². The first-order valence-electron chi connectivity index (χ1n) is 8.47. The molecule has 0 aliphatic heterocycles. The lowest BCUT2D eigenvalue weighted by Crippen LogP contribution is -2.39. The molecule has 6 heteroatoms. The van der Waals surface area contributed by atoms with Crippen molar-refractivity contribution in [1.29, 1.82) is 0 Å². The number of guanidine groups is 1. The maximum absolute atomic E-state index is 11.2. The van der Waals surface area contributed by atoms with Gasteiger partial charge in [-0.25, -0.2) is 4.99 Å². The van der Waals surface area contributed by atoms with E-state index in [1.165, 1.54) is 11.8 Å². The van der Waals surface area contributed by atoms with E-state index in [0.29, 0.717) is 6.54 Å². The number of hydrogen-bond donors (Lipinski definition) is 2. The van der Waals surface area contributed by atoms with E-state index in [4.69, 9.17) is 4.99 Å². The summed E-state index contributed by atoms with van der Waals surface area (Å²) in [6.45, 7) is 5.89. The van der Waals surface area contributed by atoms with Crippen molar-refractivity contribution in [1.82, 2.24) is 10.2 Å². The number of thiophene rings is 1. The Bertz CT molecular complexity index is 697. The van der Waals surface area contributed by atoms with Crippen molar-refractivity contribution in [3.8, 4) is 0 Å². The number of carbonyl (C=O) groups excluding carboxylic acids is 1. The SMILES string of the molecule is CCNC(=NCc1cccc(NC(C)=O)c1)N(C)CCc1cccs1. The van der Waals surface area contributed by atoms with Crippen molar-refractivity contribution in [2.45, 2.75) is 26.8 Å². The van der Waals surface area contributed by atoms with E-state index in [2.05, 4.69) is 47.0 Å². The highest BCUT2D eigenvalue weighted by Gasteiger charge is 2.06. The minimum atomic E-state index is -0.0673. The Morgan fingerprint density at radius 2 is 2.12 bits per heavy atom. The van der Waals surface area contributed by atoms with Gasteiger partial charge in [0.2, 0.25) is 5.91 Å². The average Bonchev–Trinajstić information content (AvgIpc) is 3.09. The molecular weight excluding hydrogens is 332 g/mol. The number of benzene rings is 1. The molecule has 0 unspecified atom stereocenters. The number of amides is 1. The third kappa shape index (κ3) is 6.58. The zero-order valence-electron chi connectivity index (χ0n) is 15.1. The van der Waals surface area contributed by atoms with Gasteiger partial charge in [-0.3, -0.25) is 4.79 Å². The van der Waals surface area contributed by atoms with Crippen molar-refractivity contribution < 1.29 is 4.79 Å². The standard InChI is InChI=1S/C19H26N4OS/c1-4-20-19(23(3)11-10-18-9-6-12-25-18)21-14-16-7-5-8-17(13-16)22-15(2)24/h5-9,12-13H,4,10-11,14H2,1-3H3,(H,20,21)(H,22,24). The Labute approximate surface area is 153 Å². The fourth-order valence-corrected chi connectivity index (χ4v) is 3.12. The molecule has 25 heavy (non-hydrogen) atoms. The minimum absolute atomic E-state index is 0.0673. The summed E-state index contributed by atoms with van der Waals surface area (Å²) in [5.74, 6) is 0.825. The highest BCUT2D eigenvalue weighted by molar-refractivity contribution is 7.09. The Morgan fingerprint density at radius 3 is 2.80 bits per heavy atom. The lowest BCUT2D eigenvalue weighted by atomic mass is 10.2. The molecule has 1 amide bonds. The summed E-state index contributed by atoms with van der Waals surface area (Å²) in [5.41, 5.74) is 1.87. The Morgan fingerprint density at radius 1 is 1.28 bits per heavy atom.